The van der Waals surface area contributed by atoms with Gasteiger partial charge >= 0.3 is 0 Å². The van der Waals surface area contributed by atoms with E-state index in [1.165, 1.54) is 12.1 Å². The lowest BCUT2D eigenvalue weighted by Crippen LogP contribution is -2.26. The first-order valence-electron chi connectivity index (χ1n) is 5.44. The van der Waals surface area contributed by atoms with Gasteiger partial charge in [0.1, 0.15) is 5.82 Å². The SMILES string of the molecule is CC(C#N)CN(C)CCc1ccc(F)cc1. The maximum absolute atomic E-state index is 12.7. The maximum atomic E-state index is 12.7. The minimum Gasteiger partial charge on any atom is -0.305 e. The second-order valence-electron chi connectivity index (χ2n) is 4.17. The molecule has 0 fully saturated rings. The fraction of sp³-hybridized carbons (Fsp3) is 0.462. The number of likely N-dealkylation sites (N-methyl/N-ethyl adjacent to an activating group) is 1. The molecule has 0 saturated carbocycles. The molecule has 0 aliphatic rings. The molecule has 0 aliphatic heterocycles. The fourth-order valence-electron chi connectivity index (χ4n) is 1.57. The van der Waals surface area contributed by atoms with Crippen LogP contribution in [0.15, 0.2) is 24.3 Å². The van der Waals surface area contributed by atoms with Crippen molar-refractivity contribution in [2.45, 2.75) is 13.3 Å². The van der Waals surface area contributed by atoms with E-state index in [1.54, 1.807) is 12.1 Å². The van der Waals surface area contributed by atoms with Gasteiger partial charge in [-0.3, -0.25) is 0 Å². The summed E-state index contributed by atoms with van der Waals surface area (Å²) in [6, 6.07) is 8.77. The predicted octanol–water partition coefficient (Wildman–Crippen LogP) is 2.46. The Kier molecular flexibility index (Phi) is 4.94. The van der Waals surface area contributed by atoms with Gasteiger partial charge in [0.25, 0.3) is 0 Å². The standard InChI is InChI=1S/C13H17FN2/c1-11(9-15)10-16(2)8-7-12-3-5-13(14)6-4-12/h3-6,11H,7-8,10H2,1-2H3. The van der Waals surface area contributed by atoms with Crippen LogP contribution >= 0.6 is 0 Å². The van der Waals surface area contributed by atoms with Crippen molar-refractivity contribution in [1.82, 2.24) is 4.90 Å². The molecule has 0 heterocycles. The van der Waals surface area contributed by atoms with Gasteiger partial charge < -0.3 is 4.90 Å². The zero-order valence-electron chi connectivity index (χ0n) is 9.78. The average Bonchev–Trinajstić information content (AvgIpc) is 2.28. The van der Waals surface area contributed by atoms with Gasteiger partial charge in [-0.25, -0.2) is 4.39 Å². The molecule has 0 aliphatic carbocycles. The van der Waals surface area contributed by atoms with E-state index in [2.05, 4.69) is 11.0 Å². The summed E-state index contributed by atoms with van der Waals surface area (Å²) in [7, 11) is 2.00. The zero-order valence-corrected chi connectivity index (χ0v) is 9.78. The predicted molar refractivity (Wildman–Crippen MR) is 62.4 cm³/mol. The van der Waals surface area contributed by atoms with E-state index in [-0.39, 0.29) is 11.7 Å². The number of benzene rings is 1. The molecule has 3 heteroatoms. The third-order valence-electron chi connectivity index (χ3n) is 2.50. The molecule has 1 aromatic rings. The minimum absolute atomic E-state index is 0.0539. The number of nitriles is 1. The van der Waals surface area contributed by atoms with Crippen LogP contribution in [0.2, 0.25) is 0 Å². The van der Waals surface area contributed by atoms with Crippen molar-refractivity contribution in [3.05, 3.63) is 35.6 Å². The number of nitrogens with zero attached hydrogens (tertiary/aromatic N) is 2. The fourth-order valence-corrected chi connectivity index (χ4v) is 1.57. The van der Waals surface area contributed by atoms with Gasteiger partial charge in [-0.15, -0.1) is 0 Å². The van der Waals surface area contributed by atoms with Gasteiger partial charge in [0.05, 0.1) is 12.0 Å². The molecule has 0 amide bonds. The van der Waals surface area contributed by atoms with E-state index >= 15 is 0 Å². The number of hydrogen-bond donors (Lipinski definition) is 0. The molecular formula is C13H17FN2. The summed E-state index contributed by atoms with van der Waals surface area (Å²) in [4.78, 5) is 2.12. The molecule has 0 radical (unpaired) electrons. The summed E-state index contributed by atoms with van der Waals surface area (Å²) in [5, 5.41) is 8.68. The van der Waals surface area contributed by atoms with Gasteiger partial charge in [-0.05, 0) is 38.1 Å². The van der Waals surface area contributed by atoms with Gasteiger partial charge in [0, 0.05) is 13.1 Å². The highest BCUT2D eigenvalue weighted by Gasteiger charge is 2.04. The van der Waals surface area contributed by atoms with Crippen molar-refractivity contribution >= 4 is 0 Å². The van der Waals surface area contributed by atoms with E-state index in [0.717, 1.165) is 25.1 Å². The second kappa shape index (κ2) is 6.24. The van der Waals surface area contributed by atoms with Crippen LogP contribution in [0.1, 0.15) is 12.5 Å². The van der Waals surface area contributed by atoms with Crippen LogP contribution in [-0.2, 0) is 6.42 Å². The van der Waals surface area contributed by atoms with Gasteiger partial charge in [0.15, 0.2) is 0 Å². The maximum Gasteiger partial charge on any atom is 0.123 e. The Morgan fingerprint density at radius 3 is 2.56 bits per heavy atom. The molecule has 0 N–H and O–H groups in total. The number of hydrogen-bond acceptors (Lipinski definition) is 2. The monoisotopic (exact) mass is 220 g/mol. The lowest BCUT2D eigenvalue weighted by molar-refractivity contribution is 0.314. The Morgan fingerprint density at radius 1 is 1.38 bits per heavy atom. The van der Waals surface area contributed by atoms with Gasteiger partial charge in [0.2, 0.25) is 0 Å². The quantitative estimate of drug-likeness (QED) is 0.762. The van der Waals surface area contributed by atoms with Crippen molar-refractivity contribution in [3.8, 4) is 6.07 Å². The largest absolute Gasteiger partial charge is 0.305 e. The van der Waals surface area contributed by atoms with Crippen molar-refractivity contribution in [2.75, 3.05) is 20.1 Å². The lowest BCUT2D eigenvalue weighted by Gasteiger charge is -2.17. The molecule has 1 atom stereocenters. The summed E-state index contributed by atoms with van der Waals surface area (Å²) in [6.45, 7) is 3.57. The first kappa shape index (κ1) is 12.7. The van der Waals surface area contributed by atoms with E-state index in [1.807, 2.05) is 14.0 Å². The molecule has 16 heavy (non-hydrogen) atoms. The third-order valence-corrected chi connectivity index (χ3v) is 2.50. The van der Waals surface area contributed by atoms with Crippen molar-refractivity contribution in [2.24, 2.45) is 5.92 Å². The summed E-state index contributed by atoms with van der Waals surface area (Å²) < 4.78 is 12.7. The van der Waals surface area contributed by atoms with Crippen molar-refractivity contribution in [3.63, 3.8) is 0 Å². The summed E-state index contributed by atoms with van der Waals surface area (Å²) in [6.07, 6.45) is 0.884. The second-order valence-corrected chi connectivity index (χ2v) is 4.17. The Balaban J connectivity index is 2.34. The van der Waals surface area contributed by atoms with Crippen LogP contribution in [-0.4, -0.2) is 25.0 Å². The van der Waals surface area contributed by atoms with Crippen LogP contribution in [0.4, 0.5) is 4.39 Å². The normalized spacial score (nSPS) is 12.4. The Hall–Kier alpha value is -1.40. The molecular weight excluding hydrogens is 203 g/mol. The lowest BCUT2D eigenvalue weighted by atomic mass is 10.1. The first-order valence-corrected chi connectivity index (χ1v) is 5.44. The van der Waals surface area contributed by atoms with Crippen molar-refractivity contribution in [1.29, 1.82) is 5.26 Å². The van der Waals surface area contributed by atoms with Gasteiger partial charge in [-0.1, -0.05) is 12.1 Å². The molecule has 0 saturated heterocycles. The minimum atomic E-state index is -0.199. The highest BCUT2D eigenvalue weighted by molar-refractivity contribution is 5.16. The molecule has 0 bridgehead atoms. The van der Waals surface area contributed by atoms with Crippen LogP contribution < -0.4 is 0 Å². The van der Waals surface area contributed by atoms with E-state index in [9.17, 15) is 4.39 Å². The molecule has 1 rings (SSSR count). The Labute approximate surface area is 96.3 Å². The number of rotatable bonds is 5. The Morgan fingerprint density at radius 2 is 2.00 bits per heavy atom. The highest BCUT2D eigenvalue weighted by atomic mass is 19.1. The van der Waals surface area contributed by atoms with Crippen molar-refractivity contribution < 1.29 is 4.39 Å². The molecule has 0 spiro atoms. The van der Waals surface area contributed by atoms with Crippen LogP contribution in [0.3, 0.4) is 0 Å². The summed E-state index contributed by atoms with van der Waals surface area (Å²) in [5.41, 5.74) is 1.12. The molecule has 1 unspecified atom stereocenters. The van der Waals surface area contributed by atoms with Crippen LogP contribution in [0, 0.1) is 23.1 Å². The number of halogens is 1. The molecule has 86 valence electrons. The summed E-state index contributed by atoms with van der Waals surface area (Å²) in [5.74, 6) is -0.145. The Bertz CT molecular complexity index is 353. The van der Waals surface area contributed by atoms with E-state index < -0.39 is 0 Å². The first-order chi connectivity index (χ1) is 7.61. The molecule has 1 aromatic carbocycles. The molecule has 2 nitrogen and oxygen atoms in total. The topological polar surface area (TPSA) is 27.0 Å². The third kappa shape index (κ3) is 4.41. The van der Waals surface area contributed by atoms with E-state index in [4.69, 9.17) is 5.26 Å². The van der Waals surface area contributed by atoms with Crippen LogP contribution in [0.25, 0.3) is 0 Å². The summed E-state index contributed by atoms with van der Waals surface area (Å²) >= 11 is 0. The average molecular weight is 220 g/mol. The smallest absolute Gasteiger partial charge is 0.123 e. The zero-order chi connectivity index (χ0) is 12.0. The van der Waals surface area contributed by atoms with Crippen LogP contribution in [0.5, 0.6) is 0 Å². The van der Waals surface area contributed by atoms with E-state index in [0.29, 0.717) is 0 Å². The van der Waals surface area contributed by atoms with Gasteiger partial charge in [-0.2, -0.15) is 5.26 Å². The highest BCUT2D eigenvalue weighted by Crippen LogP contribution is 2.05. The molecule has 0 aromatic heterocycles.